The first-order valence-electron chi connectivity index (χ1n) is 7.35. The van der Waals surface area contributed by atoms with Crippen molar-refractivity contribution in [1.82, 2.24) is 0 Å². The highest BCUT2D eigenvalue weighted by molar-refractivity contribution is 6.12. The maximum absolute atomic E-state index is 12.5. The Morgan fingerprint density at radius 1 is 1.04 bits per heavy atom. The van der Waals surface area contributed by atoms with Crippen molar-refractivity contribution in [2.45, 2.75) is 19.9 Å². The van der Waals surface area contributed by atoms with Crippen LogP contribution in [0.2, 0.25) is 0 Å². The van der Waals surface area contributed by atoms with Gasteiger partial charge in [-0.25, -0.2) is 4.79 Å². The lowest BCUT2D eigenvalue weighted by Crippen LogP contribution is -2.30. The molecule has 5 nitrogen and oxygen atoms in total. The maximum Gasteiger partial charge on any atom is 0.341 e. The molecule has 2 rings (SSSR count). The molecule has 0 aromatic heterocycles. The molecule has 0 amide bonds. The predicted octanol–water partition coefficient (Wildman–Crippen LogP) is 3.89. The number of Topliss-reactive ketones (excluding diaryl/α,β-unsaturated/α-hetero) is 1. The molecule has 1 unspecified atom stereocenters. The Balaban J connectivity index is 2.25. The second-order valence-corrected chi connectivity index (χ2v) is 4.94. The third-order valence-electron chi connectivity index (χ3n) is 3.14. The number of rotatable bonds is 6. The van der Waals surface area contributed by atoms with E-state index < -0.39 is 17.8 Å². The Kier molecular flexibility index (Phi) is 5.74. The molecular formula is C18H18N2O3. The Hall–Kier alpha value is -2.82. The van der Waals surface area contributed by atoms with Gasteiger partial charge in [0.15, 0.2) is 0 Å². The van der Waals surface area contributed by atoms with Gasteiger partial charge in [0.25, 0.3) is 0 Å². The molecule has 0 bridgehead atoms. The van der Waals surface area contributed by atoms with E-state index in [1.165, 1.54) is 0 Å². The summed E-state index contributed by atoms with van der Waals surface area (Å²) in [5, 5.41) is 7.92. The molecule has 0 saturated carbocycles. The van der Waals surface area contributed by atoms with E-state index in [0.29, 0.717) is 11.3 Å². The van der Waals surface area contributed by atoms with Gasteiger partial charge in [0.1, 0.15) is 0 Å². The van der Waals surface area contributed by atoms with E-state index in [-0.39, 0.29) is 6.61 Å². The van der Waals surface area contributed by atoms with Crippen LogP contribution in [-0.2, 0) is 9.53 Å². The zero-order chi connectivity index (χ0) is 16.7. The molecular weight excluding hydrogens is 292 g/mol. The van der Waals surface area contributed by atoms with E-state index in [1.807, 2.05) is 19.1 Å². The van der Waals surface area contributed by atoms with Crippen molar-refractivity contribution in [2.75, 3.05) is 6.61 Å². The largest absolute Gasteiger partial charge is 0.464 e. The van der Waals surface area contributed by atoms with Gasteiger partial charge >= 0.3 is 5.97 Å². The molecule has 0 spiro atoms. The van der Waals surface area contributed by atoms with Crippen LogP contribution in [0.15, 0.2) is 64.8 Å². The molecule has 0 aliphatic heterocycles. The minimum absolute atomic E-state index is 0.178. The average molecular weight is 310 g/mol. The standard InChI is InChI=1S/C18H18N2O3/c1-3-23-18(22)16(17(21)14-7-5-4-6-8-14)20-19-15-11-9-13(2)10-12-15/h4-12,16H,3H2,1-2H3. The van der Waals surface area contributed by atoms with E-state index in [9.17, 15) is 9.59 Å². The normalized spacial score (nSPS) is 12.1. The summed E-state index contributed by atoms with van der Waals surface area (Å²) < 4.78 is 4.94. The van der Waals surface area contributed by atoms with Crippen molar-refractivity contribution in [3.8, 4) is 0 Å². The number of carbonyl (C=O) groups is 2. The van der Waals surface area contributed by atoms with Crippen LogP contribution < -0.4 is 0 Å². The second-order valence-electron chi connectivity index (χ2n) is 4.94. The van der Waals surface area contributed by atoms with Crippen LogP contribution in [0.5, 0.6) is 0 Å². The molecule has 2 aromatic rings. The molecule has 0 fully saturated rings. The number of ketones is 1. The fourth-order valence-electron chi connectivity index (χ4n) is 1.92. The second kappa shape index (κ2) is 7.98. The quantitative estimate of drug-likeness (QED) is 0.352. The number of azo groups is 1. The molecule has 0 aliphatic rings. The predicted molar refractivity (Wildman–Crippen MR) is 86.9 cm³/mol. The first-order valence-corrected chi connectivity index (χ1v) is 7.35. The van der Waals surface area contributed by atoms with Crippen LogP contribution in [-0.4, -0.2) is 24.4 Å². The van der Waals surface area contributed by atoms with E-state index in [2.05, 4.69) is 10.2 Å². The summed E-state index contributed by atoms with van der Waals surface area (Å²) in [5.74, 6) is -1.13. The zero-order valence-corrected chi connectivity index (χ0v) is 13.1. The fourth-order valence-corrected chi connectivity index (χ4v) is 1.92. The summed E-state index contributed by atoms with van der Waals surface area (Å²) in [7, 11) is 0. The first kappa shape index (κ1) is 16.5. The summed E-state index contributed by atoms with van der Waals surface area (Å²) in [5.41, 5.74) is 2.06. The van der Waals surface area contributed by atoms with Crippen LogP contribution >= 0.6 is 0 Å². The molecule has 0 N–H and O–H groups in total. The van der Waals surface area contributed by atoms with Gasteiger partial charge in [-0.1, -0.05) is 48.0 Å². The number of carbonyl (C=O) groups excluding carboxylic acids is 2. The first-order chi connectivity index (χ1) is 11.1. The summed E-state index contributed by atoms with van der Waals surface area (Å²) in [6.45, 7) is 3.82. The van der Waals surface area contributed by atoms with Gasteiger partial charge in [-0.15, -0.1) is 0 Å². The van der Waals surface area contributed by atoms with Crippen LogP contribution in [0.25, 0.3) is 0 Å². The lowest BCUT2D eigenvalue weighted by atomic mass is 10.1. The molecule has 0 heterocycles. The van der Waals surface area contributed by atoms with Gasteiger partial charge in [-0.3, -0.25) is 4.79 Å². The fraction of sp³-hybridized carbons (Fsp3) is 0.222. The van der Waals surface area contributed by atoms with Gasteiger partial charge in [0, 0.05) is 5.56 Å². The van der Waals surface area contributed by atoms with Gasteiger partial charge in [0.05, 0.1) is 12.3 Å². The van der Waals surface area contributed by atoms with E-state index >= 15 is 0 Å². The molecule has 5 heteroatoms. The minimum Gasteiger partial charge on any atom is -0.464 e. The zero-order valence-electron chi connectivity index (χ0n) is 13.1. The molecule has 1 atom stereocenters. The van der Waals surface area contributed by atoms with Gasteiger partial charge in [-0.2, -0.15) is 10.2 Å². The van der Waals surface area contributed by atoms with Crippen LogP contribution in [0, 0.1) is 6.92 Å². The van der Waals surface area contributed by atoms with Crippen LogP contribution in [0.3, 0.4) is 0 Å². The molecule has 0 saturated heterocycles. The van der Waals surface area contributed by atoms with Gasteiger partial charge in [0.2, 0.25) is 11.8 Å². The molecule has 118 valence electrons. The Morgan fingerprint density at radius 2 is 1.70 bits per heavy atom. The van der Waals surface area contributed by atoms with E-state index in [4.69, 9.17) is 4.74 Å². The number of hydrogen-bond donors (Lipinski definition) is 0. The highest BCUT2D eigenvalue weighted by Gasteiger charge is 2.29. The maximum atomic E-state index is 12.5. The summed E-state index contributed by atoms with van der Waals surface area (Å²) in [6.07, 6.45) is 0. The van der Waals surface area contributed by atoms with Crippen molar-refractivity contribution in [3.05, 3.63) is 65.7 Å². The number of esters is 1. The molecule has 23 heavy (non-hydrogen) atoms. The van der Waals surface area contributed by atoms with E-state index in [0.717, 1.165) is 5.56 Å². The highest BCUT2D eigenvalue weighted by Crippen LogP contribution is 2.16. The van der Waals surface area contributed by atoms with Gasteiger partial charge < -0.3 is 4.74 Å². The van der Waals surface area contributed by atoms with Crippen molar-refractivity contribution >= 4 is 17.4 Å². The van der Waals surface area contributed by atoms with Crippen molar-refractivity contribution in [1.29, 1.82) is 0 Å². The number of ether oxygens (including phenoxy) is 1. The summed E-state index contributed by atoms with van der Waals surface area (Å²) in [4.78, 5) is 24.5. The molecule has 0 radical (unpaired) electrons. The number of nitrogens with zero attached hydrogens (tertiary/aromatic N) is 2. The highest BCUT2D eigenvalue weighted by atomic mass is 16.5. The molecule has 2 aromatic carbocycles. The van der Waals surface area contributed by atoms with Crippen molar-refractivity contribution in [2.24, 2.45) is 10.2 Å². The number of aryl methyl sites for hydroxylation is 1. The monoisotopic (exact) mass is 310 g/mol. The Bertz CT molecular complexity index is 694. The SMILES string of the molecule is CCOC(=O)C(N=Nc1ccc(C)cc1)C(=O)c1ccccc1. The topological polar surface area (TPSA) is 68.1 Å². The van der Waals surface area contributed by atoms with E-state index in [1.54, 1.807) is 49.4 Å². The van der Waals surface area contributed by atoms with Crippen molar-refractivity contribution < 1.29 is 14.3 Å². The average Bonchev–Trinajstić information content (AvgIpc) is 2.57. The smallest absolute Gasteiger partial charge is 0.341 e. The van der Waals surface area contributed by atoms with Crippen LogP contribution in [0.1, 0.15) is 22.8 Å². The summed E-state index contributed by atoms with van der Waals surface area (Å²) in [6, 6.07) is 14.5. The lowest BCUT2D eigenvalue weighted by molar-refractivity contribution is -0.143. The third-order valence-corrected chi connectivity index (χ3v) is 3.14. The Labute approximate surface area is 135 Å². The minimum atomic E-state index is -1.29. The summed E-state index contributed by atoms with van der Waals surface area (Å²) >= 11 is 0. The Morgan fingerprint density at radius 3 is 2.30 bits per heavy atom. The molecule has 0 aliphatic carbocycles. The van der Waals surface area contributed by atoms with Crippen molar-refractivity contribution in [3.63, 3.8) is 0 Å². The third kappa shape index (κ3) is 4.57. The number of hydrogen-bond acceptors (Lipinski definition) is 5. The number of benzene rings is 2. The van der Waals surface area contributed by atoms with Crippen LogP contribution in [0.4, 0.5) is 5.69 Å². The lowest BCUT2D eigenvalue weighted by Gasteiger charge is -2.09. The van der Waals surface area contributed by atoms with Gasteiger partial charge in [-0.05, 0) is 26.0 Å².